The number of phenolic OH excluding ortho intramolecular Hbond substituents is 2. The van der Waals surface area contributed by atoms with Crippen molar-refractivity contribution in [3.8, 4) is 11.5 Å². The van der Waals surface area contributed by atoms with Gasteiger partial charge in [-0.25, -0.2) is 0 Å². The first-order valence-electron chi connectivity index (χ1n) is 10.8. The lowest BCUT2D eigenvalue weighted by molar-refractivity contribution is 0.449. The van der Waals surface area contributed by atoms with Gasteiger partial charge in [0, 0.05) is 6.07 Å². The molecular formula is C25H36O2. The Bertz CT molecular complexity index is 643. The van der Waals surface area contributed by atoms with Crippen LogP contribution in [0.3, 0.4) is 0 Å². The molecule has 0 amide bonds. The second-order valence-corrected chi connectivity index (χ2v) is 7.76. The highest BCUT2D eigenvalue weighted by molar-refractivity contribution is 5.36. The molecule has 2 heteroatoms. The maximum atomic E-state index is 9.51. The van der Waals surface area contributed by atoms with Crippen molar-refractivity contribution in [1.82, 2.24) is 0 Å². The molecule has 0 spiro atoms. The van der Waals surface area contributed by atoms with E-state index in [2.05, 4.69) is 31.2 Å². The van der Waals surface area contributed by atoms with Crippen molar-refractivity contribution in [3.05, 3.63) is 59.2 Å². The van der Waals surface area contributed by atoms with E-state index in [1.807, 2.05) is 0 Å². The van der Waals surface area contributed by atoms with Gasteiger partial charge in [0.25, 0.3) is 0 Å². The third-order valence-electron chi connectivity index (χ3n) is 5.20. The minimum Gasteiger partial charge on any atom is -0.508 e. The molecule has 2 aromatic rings. The first-order chi connectivity index (χ1) is 13.2. The standard InChI is InChI=1S/C25H36O2/c1-2-3-4-8-12-21-15-11-16-22(17-21)13-9-6-5-7-10-14-23-18-24(26)20-25(27)19-23/h11,15-20,26-27H,2-10,12-14H2,1H3. The number of hydrogen-bond acceptors (Lipinski definition) is 2. The van der Waals surface area contributed by atoms with Crippen molar-refractivity contribution < 1.29 is 10.2 Å². The molecule has 0 atom stereocenters. The van der Waals surface area contributed by atoms with Crippen molar-refractivity contribution in [2.45, 2.75) is 84.0 Å². The summed E-state index contributed by atoms with van der Waals surface area (Å²) in [4.78, 5) is 0. The Hall–Kier alpha value is -1.96. The van der Waals surface area contributed by atoms with Crippen LogP contribution < -0.4 is 0 Å². The summed E-state index contributed by atoms with van der Waals surface area (Å²) in [6.45, 7) is 2.26. The fraction of sp³-hybridized carbons (Fsp3) is 0.520. The van der Waals surface area contributed by atoms with E-state index in [1.54, 1.807) is 12.1 Å². The molecule has 0 saturated heterocycles. The van der Waals surface area contributed by atoms with E-state index in [-0.39, 0.29) is 11.5 Å². The number of phenols is 2. The van der Waals surface area contributed by atoms with Gasteiger partial charge in [-0.2, -0.15) is 0 Å². The van der Waals surface area contributed by atoms with Gasteiger partial charge in [-0.05, 0) is 67.3 Å². The lowest BCUT2D eigenvalue weighted by Crippen LogP contribution is -1.91. The van der Waals surface area contributed by atoms with Gasteiger partial charge in [0.2, 0.25) is 0 Å². The molecular weight excluding hydrogens is 332 g/mol. The quantitative estimate of drug-likeness (QED) is 0.375. The van der Waals surface area contributed by atoms with Crippen LogP contribution in [0.1, 0.15) is 81.4 Å². The largest absolute Gasteiger partial charge is 0.508 e. The summed E-state index contributed by atoms with van der Waals surface area (Å²) in [6, 6.07) is 14.0. The van der Waals surface area contributed by atoms with Gasteiger partial charge < -0.3 is 10.2 Å². The van der Waals surface area contributed by atoms with Crippen molar-refractivity contribution in [1.29, 1.82) is 0 Å². The number of rotatable bonds is 13. The third kappa shape index (κ3) is 8.99. The molecule has 0 aliphatic rings. The minimum absolute atomic E-state index is 0.151. The molecule has 0 aliphatic heterocycles. The molecule has 0 fully saturated rings. The first-order valence-corrected chi connectivity index (χ1v) is 10.8. The molecule has 2 nitrogen and oxygen atoms in total. The van der Waals surface area contributed by atoms with Gasteiger partial charge in [0.1, 0.15) is 11.5 Å². The molecule has 2 N–H and O–H groups in total. The Balaban J connectivity index is 1.57. The maximum Gasteiger partial charge on any atom is 0.119 e. The Morgan fingerprint density at radius 2 is 1.04 bits per heavy atom. The predicted molar refractivity (Wildman–Crippen MR) is 115 cm³/mol. The minimum atomic E-state index is 0.151. The average molecular weight is 369 g/mol. The van der Waals surface area contributed by atoms with Gasteiger partial charge in [-0.15, -0.1) is 0 Å². The molecule has 27 heavy (non-hydrogen) atoms. The van der Waals surface area contributed by atoms with Gasteiger partial charge in [0.15, 0.2) is 0 Å². The average Bonchev–Trinajstić information content (AvgIpc) is 2.64. The van der Waals surface area contributed by atoms with E-state index in [9.17, 15) is 10.2 Å². The molecule has 2 aromatic carbocycles. The summed E-state index contributed by atoms with van der Waals surface area (Å²) in [7, 11) is 0. The topological polar surface area (TPSA) is 40.5 Å². The normalized spacial score (nSPS) is 11.0. The van der Waals surface area contributed by atoms with E-state index >= 15 is 0 Å². The molecule has 2 rings (SSSR count). The SMILES string of the molecule is CCCCCCc1cccc(CCCCCCCc2cc(O)cc(O)c2)c1. The van der Waals surface area contributed by atoms with Gasteiger partial charge in [-0.1, -0.05) is 69.7 Å². The molecule has 148 valence electrons. The Kier molecular flexibility index (Phi) is 9.83. The lowest BCUT2D eigenvalue weighted by Gasteiger charge is -2.06. The second kappa shape index (κ2) is 12.4. The smallest absolute Gasteiger partial charge is 0.119 e. The second-order valence-electron chi connectivity index (χ2n) is 7.76. The highest BCUT2D eigenvalue weighted by atomic mass is 16.3. The fourth-order valence-corrected chi connectivity index (χ4v) is 3.69. The van der Waals surface area contributed by atoms with Crippen LogP contribution in [0.4, 0.5) is 0 Å². The predicted octanol–water partition coefficient (Wildman–Crippen LogP) is 6.96. The van der Waals surface area contributed by atoms with Gasteiger partial charge in [0.05, 0.1) is 0 Å². The molecule has 0 radical (unpaired) electrons. The molecule has 0 unspecified atom stereocenters. The highest BCUT2D eigenvalue weighted by Gasteiger charge is 2.01. The van der Waals surface area contributed by atoms with E-state index in [4.69, 9.17) is 0 Å². The zero-order chi connectivity index (χ0) is 19.3. The van der Waals surface area contributed by atoms with Crippen molar-refractivity contribution >= 4 is 0 Å². The molecule has 0 heterocycles. The maximum absolute atomic E-state index is 9.51. The summed E-state index contributed by atoms with van der Waals surface area (Å²) in [6.07, 6.45) is 14.7. The number of hydrogen-bond donors (Lipinski definition) is 2. The third-order valence-corrected chi connectivity index (χ3v) is 5.20. The van der Waals surface area contributed by atoms with Crippen LogP contribution in [0.2, 0.25) is 0 Å². The Morgan fingerprint density at radius 1 is 0.556 bits per heavy atom. The summed E-state index contributed by atoms with van der Waals surface area (Å²) in [5.41, 5.74) is 4.00. The highest BCUT2D eigenvalue weighted by Crippen LogP contribution is 2.22. The van der Waals surface area contributed by atoms with E-state index in [0.717, 1.165) is 18.4 Å². The summed E-state index contributed by atoms with van der Waals surface area (Å²) in [5, 5.41) is 19.0. The number of benzene rings is 2. The molecule has 0 bridgehead atoms. The van der Waals surface area contributed by atoms with E-state index < -0.39 is 0 Å². The van der Waals surface area contributed by atoms with Crippen LogP contribution in [0.25, 0.3) is 0 Å². The van der Waals surface area contributed by atoms with Gasteiger partial charge in [-0.3, -0.25) is 0 Å². The van der Waals surface area contributed by atoms with Crippen molar-refractivity contribution in [2.24, 2.45) is 0 Å². The van der Waals surface area contributed by atoms with Crippen LogP contribution in [0.15, 0.2) is 42.5 Å². The summed E-state index contributed by atoms with van der Waals surface area (Å²) < 4.78 is 0. The molecule has 0 aromatic heterocycles. The van der Waals surface area contributed by atoms with Crippen LogP contribution in [0.5, 0.6) is 11.5 Å². The number of aromatic hydroxyl groups is 2. The van der Waals surface area contributed by atoms with Crippen molar-refractivity contribution in [3.63, 3.8) is 0 Å². The zero-order valence-electron chi connectivity index (χ0n) is 16.9. The Labute approximate surface area is 165 Å². The zero-order valence-corrected chi connectivity index (χ0v) is 16.9. The number of aryl methyl sites for hydroxylation is 3. The van der Waals surface area contributed by atoms with E-state index in [0.29, 0.717) is 0 Å². The van der Waals surface area contributed by atoms with Gasteiger partial charge >= 0.3 is 0 Å². The first kappa shape index (κ1) is 21.3. The van der Waals surface area contributed by atoms with Crippen LogP contribution in [-0.2, 0) is 19.3 Å². The monoisotopic (exact) mass is 368 g/mol. The molecule has 0 aliphatic carbocycles. The fourth-order valence-electron chi connectivity index (χ4n) is 3.69. The molecule has 0 saturated carbocycles. The van der Waals surface area contributed by atoms with Crippen LogP contribution in [-0.4, -0.2) is 10.2 Å². The summed E-state index contributed by atoms with van der Waals surface area (Å²) in [5.74, 6) is 0.301. The lowest BCUT2D eigenvalue weighted by atomic mass is 10.00. The number of unbranched alkanes of at least 4 members (excludes halogenated alkanes) is 7. The Morgan fingerprint density at radius 3 is 1.59 bits per heavy atom. The van der Waals surface area contributed by atoms with Crippen LogP contribution >= 0.6 is 0 Å². The van der Waals surface area contributed by atoms with E-state index in [1.165, 1.54) is 81.4 Å². The van der Waals surface area contributed by atoms with Crippen LogP contribution in [0, 0.1) is 0 Å². The summed E-state index contributed by atoms with van der Waals surface area (Å²) >= 11 is 0. The van der Waals surface area contributed by atoms with Crippen molar-refractivity contribution in [2.75, 3.05) is 0 Å².